The van der Waals surface area contributed by atoms with Gasteiger partial charge >= 0.3 is 0 Å². The molecule has 280 valence electrons. The number of rotatable bonds is 7. The number of fused-ring (bicyclic) bond motifs is 6. The molecule has 0 atom stereocenters. The van der Waals surface area contributed by atoms with Crippen molar-refractivity contribution in [3.05, 3.63) is 217 Å². The third-order valence-corrected chi connectivity index (χ3v) is 10.4. The smallest absolute Gasteiger partial charge is 0.137 e. The van der Waals surface area contributed by atoms with Crippen LogP contribution in [0, 0.1) is 13.8 Å². The number of anilines is 6. The lowest BCUT2D eigenvalue weighted by Gasteiger charge is -2.28. The van der Waals surface area contributed by atoms with Gasteiger partial charge in [-0.15, -0.1) is 0 Å². The molecule has 3 nitrogen and oxygen atoms in total. The second kappa shape index (κ2) is 14.1. The van der Waals surface area contributed by atoms with Crippen molar-refractivity contribution >= 4 is 66.4 Å². The molecule has 0 aliphatic carbocycles. The second-order valence-electron chi connectivity index (χ2n) is 14.1. The van der Waals surface area contributed by atoms with E-state index in [-0.39, 0.29) is 17.1 Å². The Balaban J connectivity index is 1.12. The van der Waals surface area contributed by atoms with Gasteiger partial charge in [0.2, 0.25) is 0 Å². The minimum atomic E-state index is -0.695. The Hall–Kier alpha value is -7.62. The van der Waals surface area contributed by atoms with Gasteiger partial charge in [0.05, 0.1) is 27.4 Å². The number of para-hydroxylation sites is 4. The van der Waals surface area contributed by atoms with Crippen LogP contribution in [-0.4, -0.2) is 0 Å². The molecular weight excluding hydrogens is 717 g/mol. The highest BCUT2D eigenvalue weighted by molar-refractivity contribution is 6.25. The van der Waals surface area contributed by atoms with E-state index in [1.807, 2.05) is 50.2 Å². The maximum Gasteiger partial charge on any atom is 0.137 e. The van der Waals surface area contributed by atoms with Crippen LogP contribution in [0.3, 0.4) is 0 Å². The molecule has 0 unspecified atom stereocenters. The van der Waals surface area contributed by atoms with Crippen molar-refractivity contribution in [2.45, 2.75) is 13.8 Å². The minimum Gasteiger partial charge on any atom is -0.456 e. The molecule has 0 saturated heterocycles. The Morgan fingerprint density at radius 1 is 0.356 bits per heavy atom. The molecule has 1 aliphatic heterocycles. The van der Waals surface area contributed by atoms with Crippen LogP contribution in [0.4, 0.5) is 34.1 Å². The summed E-state index contributed by atoms with van der Waals surface area (Å²) in [5.74, 6) is 0.712. The van der Waals surface area contributed by atoms with Gasteiger partial charge in [-0.3, -0.25) is 0 Å². The Labute approximate surface area is 372 Å². The molecule has 0 radical (unpaired) electrons. The summed E-state index contributed by atoms with van der Waals surface area (Å²) in [4.78, 5) is 2.19. The van der Waals surface area contributed by atoms with Crippen molar-refractivity contribution in [1.82, 2.24) is 0 Å². The van der Waals surface area contributed by atoms with E-state index in [2.05, 4.69) is 6.07 Å². The average molecular weight is 777 g/mol. The van der Waals surface area contributed by atoms with Gasteiger partial charge in [-0.05, 0) is 154 Å². The van der Waals surface area contributed by atoms with Crippen LogP contribution in [-0.2, 0) is 0 Å². The van der Waals surface area contributed by atoms with E-state index in [9.17, 15) is 0 Å². The van der Waals surface area contributed by atoms with Crippen LogP contribution in [0.25, 0.3) is 54.6 Å². The highest BCUT2D eigenvalue weighted by atomic mass is 16.5. The van der Waals surface area contributed by atoms with Crippen molar-refractivity contribution in [1.29, 1.82) is 0 Å². The number of hydrogen-bond donors (Lipinski definition) is 0. The lowest BCUT2D eigenvalue weighted by molar-refractivity contribution is 0.487. The predicted octanol–water partition coefficient (Wildman–Crippen LogP) is 16.1. The van der Waals surface area contributed by atoms with Crippen molar-refractivity contribution in [3.8, 4) is 33.8 Å². The van der Waals surface area contributed by atoms with Crippen LogP contribution in [0.1, 0.15) is 38.5 Å². The van der Waals surface area contributed by atoms with Crippen molar-refractivity contribution < 1.29 is 32.2 Å². The van der Waals surface area contributed by atoms with Crippen molar-refractivity contribution in [2.24, 2.45) is 0 Å². The molecule has 0 aromatic heterocycles. The fourth-order valence-corrected chi connectivity index (χ4v) is 7.96. The Kier molecular flexibility index (Phi) is 4.70. The zero-order valence-corrected chi connectivity index (χ0v) is 31.4. The standard InChI is InChI=1S/C56H40N2O/c1-37-23-29-46-48(39-24-26-44(27-25-39)57(40-15-7-3-8-16-40)41-17-9-4-10-18-41)35-51-50(49(46)31-37)36-53-47-30-28-45(34-54(47)59-55-33-38(2)32-52(51)56(53)55)58(42-19-11-5-12-20-42)43-21-13-6-14-22-43/h3-36H,1-2H3/i3D,4D,5D,6D,7D,8D,9D,10D,11D,12D,13D,14D,15D,16D,17D,18D,19D,20D,21D,22D. The first-order valence-corrected chi connectivity index (χ1v) is 18.6. The molecule has 10 aromatic rings. The molecule has 1 heterocycles. The summed E-state index contributed by atoms with van der Waals surface area (Å²) in [6.45, 7) is 3.87. The summed E-state index contributed by atoms with van der Waals surface area (Å²) < 4.78 is 179. The molecule has 0 bridgehead atoms. The first kappa shape index (κ1) is 19.7. The molecule has 0 amide bonds. The number of nitrogens with zero attached hydrogens (tertiary/aromatic N) is 2. The van der Waals surface area contributed by atoms with Gasteiger partial charge in [0.25, 0.3) is 0 Å². The minimum absolute atomic E-state index is 0.0745. The monoisotopic (exact) mass is 776 g/mol. The maximum atomic E-state index is 8.97. The van der Waals surface area contributed by atoms with Crippen LogP contribution >= 0.6 is 0 Å². The number of hydrogen-bond acceptors (Lipinski definition) is 3. The Morgan fingerprint density at radius 2 is 0.847 bits per heavy atom. The average Bonchev–Trinajstić information content (AvgIpc) is 3.61. The van der Waals surface area contributed by atoms with Gasteiger partial charge in [-0.2, -0.15) is 0 Å². The summed E-state index contributed by atoms with van der Waals surface area (Å²) in [6, 6.07) is 12.1. The quantitative estimate of drug-likeness (QED) is 0.150. The lowest BCUT2D eigenvalue weighted by atomic mass is 9.85. The molecule has 1 aliphatic rings. The lowest BCUT2D eigenvalue weighted by Crippen LogP contribution is -2.10. The molecule has 0 spiro atoms. The van der Waals surface area contributed by atoms with Gasteiger partial charge in [0.15, 0.2) is 0 Å². The zero-order valence-electron chi connectivity index (χ0n) is 51.4. The van der Waals surface area contributed by atoms with E-state index in [4.69, 9.17) is 32.2 Å². The SMILES string of the molecule is [2H]c1c([2H])c([2H])c(N(c2ccc(-c3cc4c5cc(C)cc6c5c(cc4c4cc(C)ccc34)-c3ccc(N(c4c([2H])c([2H])c([2H])c([2H])c4[2H])c4c([2H])c([2H])c([2H])c([2H])c4[2H])cc3O6)cc2)c2c([2H])c([2H])c([2H])c([2H])c2[2H])c([2H])c1[2H]. The highest BCUT2D eigenvalue weighted by Crippen LogP contribution is 2.52. The molecule has 0 saturated carbocycles. The van der Waals surface area contributed by atoms with Gasteiger partial charge < -0.3 is 14.5 Å². The number of ether oxygens (including phenoxy) is 1. The summed E-state index contributed by atoms with van der Waals surface area (Å²) in [6.07, 6.45) is 0. The number of aryl methyl sites for hydroxylation is 2. The fourth-order valence-electron chi connectivity index (χ4n) is 7.96. The third-order valence-electron chi connectivity index (χ3n) is 10.4. The van der Waals surface area contributed by atoms with Crippen molar-refractivity contribution in [3.63, 3.8) is 0 Å². The second-order valence-corrected chi connectivity index (χ2v) is 14.1. The topological polar surface area (TPSA) is 15.7 Å². The van der Waals surface area contributed by atoms with Gasteiger partial charge in [0.1, 0.15) is 11.5 Å². The summed E-state index contributed by atoms with van der Waals surface area (Å²) in [7, 11) is 0. The first-order valence-electron chi connectivity index (χ1n) is 28.6. The van der Waals surface area contributed by atoms with E-state index in [0.29, 0.717) is 16.9 Å². The molecule has 0 fully saturated rings. The largest absolute Gasteiger partial charge is 0.456 e. The van der Waals surface area contributed by atoms with E-state index >= 15 is 0 Å². The zero-order chi connectivity index (χ0) is 56.9. The molecule has 3 heteroatoms. The van der Waals surface area contributed by atoms with Crippen LogP contribution < -0.4 is 14.5 Å². The van der Waals surface area contributed by atoms with E-state index in [1.54, 1.807) is 42.5 Å². The summed E-state index contributed by atoms with van der Waals surface area (Å²) in [5, 5.41) is 4.92. The normalized spacial score (nSPS) is 16.4. The molecule has 11 rings (SSSR count). The summed E-state index contributed by atoms with van der Waals surface area (Å²) in [5.41, 5.74) is 3.04. The van der Waals surface area contributed by atoms with Gasteiger partial charge in [-0.1, -0.05) is 114 Å². The predicted molar refractivity (Wildman–Crippen MR) is 249 cm³/mol. The van der Waals surface area contributed by atoms with Crippen LogP contribution in [0.5, 0.6) is 11.5 Å². The molecule has 10 aromatic carbocycles. The van der Waals surface area contributed by atoms with Crippen LogP contribution in [0.15, 0.2) is 206 Å². The molecule has 0 N–H and O–H groups in total. The van der Waals surface area contributed by atoms with E-state index in [1.165, 1.54) is 0 Å². The maximum absolute atomic E-state index is 8.97. The van der Waals surface area contributed by atoms with E-state index < -0.39 is 144 Å². The van der Waals surface area contributed by atoms with Gasteiger partial charge in [-0.25, -0.2) is 0 Å². The Morgan fingerprint density at radius 3 is 1.44 bits per heavy atom. The van der Waals surface area contributed by atoms with Gasteiger partial charge in [0, 0.05) is 51.1 Å². The highest BCUT2D eigenvalue weighted by Gasteiger charge is 2.25. The molecule has 59 heavy (non-hydrogen) atoms. The molecular formula is C56H40N2O. The fraction of sp³-hybridized carbons (Fsp3) is 0.0357. The van der Waals surface area contributed by atoms with E-state index in [0.717, 1.165) is 64.4 Å². The summed E-state index contributed by atoms with van der Waals surface area (Å²) >= 11 is 0. The Bertz CT molecular complexity index is 4140. The van der Waals surface area contributed by atoms with Crippen molar-refractivity contribution in [2.75, 3.05) is 9.80 Å². The third kappa shape index (κ3) is 5.98. The number of benzene rings is 10. The first-order chi connectivity index (χ1) is 37.3. The van der Waals surface area contributed by atoms with Crippen LogP contribution in [0.2, 0.25) is 0 Å².